The molecule has 1 aliphatic heterocycles. The van der Waals surface area contributed by atoms with Gasteiger partial charge in [0.25, 0.3) is 11.9 Å². The van der Waals surface area contributed by atoms with Crippen molar-refractivity contribution in [2.24, 2.45) is 0 Å². The number of pyridine rings is 1. The van der Waals surface area contributed by atoms with Crippen molar-refractivity contribution in [1.29, 1.82) is 0 Å². The number of rotatable bonds is 3. The number of fused-ring (bicyclic) bond motifs is 1. The van der Waals surface area contributed by atoms with Gasteiger partial charge in [0.15, 0.2) is 5.58 Å². The molecule has 3 heterocycles. The number of benzene rings is 1. The molecule has 0 N–H and O–H groups in total. The van der Waals surface area contributed by atoms with E-state index in [2.05, 4.69) is 28.7 Å². The Morgan fingerprint density at radius 2 is 1.85 bits per heavy atom. The molecule has 1 aromatic carbocycles. The van der Waals surface area contributed by atoms with Crippen LogP contribution in [-0.2, 0) is 0 Å². The maximum absolute atomic E-state index is 12.7. The van der Waals surface area contributed by atoms with E-state index < -0.39 is 0 Å². The number of nitrogens with zero attached hydrogens (tertiary/aromatic N) is 4. The maximum atomic E-state index is 12.7. The summed E-state index contributed by atoms with van der Waals surface area (Å²) < 4.78 is 5.82. The zero-order valence-corrected chi connectivity index (χ0v) is 15.1. The highest BCUT2D eigenvalue weighted by Gasteiger charge is 2.25. The summed E-state index contributed by atoms with van der Waals surface area (Å²) in [6.45, 7) is 6.88. The van der Waals surface area contributed by atoms with Crippen LogP contribution in [-0.4, -0.2) is 47.0 Å². The average Bonchev–Trinajstić information content (AvgIpc) is 3.12. The Hall–Kier alpha value is -2.89. The number of hydrogen-bond acceptors (Lipinski definition) is 5. The highest BCUT2D eigenvalue weighted by Crippen LogP contribution is 2.23. The number of hydrogen-bond donors (Lipinski definition) is 0. The fourth-order valence-corrected chi connectivity index (χ4v) is 3.13. The fourth-order valence-electron chi connectivity index (χ4n) is 3.13. The van der Waals surface area contributed by atoms with Crippen molar-refractivity contribution in [1.82, 2.24) is 14.9 Å². The number of piperazine rings is 1. The monoisotopic (exact) mass is 350 g/mol. The quantitative estimate of drug-likeness (QED) is 0.725. The minimum atomic E-state index is -0.0162. The first-order valence-electron chi connectivity index (χ1n) is 8.97. The summed E-state index contributed by atoms with van der Waals surface area (Å²) in [5.41, 5.74) is 3.29. The molecule has 2 aromatic heterocycles. The second-order valence-electron chi connectivity index (χ2n) is 6.87. The van der Waals surface area contributed by atoms with Crippen molar-refractivity contribution in [3.63, 3.8) is 0 Å². The van der Waals surface area contributed by atoms with E-state index in [9.17, 15) is 4.79 Å². The van der Waals surface area contributed by atoms with E-state index >= 15 is 0 Å². The van der Waals surface area contributed by atoms with Gasteiger partial charge in [-0.25, -0.2) is 0 Å². The molecular weight excluding hydrogens is 328 g/mol. The van der Waals surface area contributed by atoms with E-state index in [-0.39, 0.29) is 5.91 Å². The van der Waals surface area contributed by atoms with Crippen LogP contribution in [0.4, 0.5) is 6.01 Å². The van der Waals surface area contributed by atoms with Gasteiger partial charge in [-0.05, 0) is 29.7 Å². The summed E-state index contributed by atoms with van der Waals surface area (Å²) in [5.74, 6) is 0.393. The Balaban J connectivity index is 1.41. The van der Waals surface area contributed by atoms with Crippen LogP contribution in [0.3, 0.4) is 0 Å². The first-order chi connectivity index (χ1) is 12.6. The number of carbonyl (C=O) groups is 1. The molecule has 0 bridgehead atoms. The zero-order valence-electron chi connectivity index (χ0n) is 15.1. The van der Waals surface area contributed by atoms with E-state index in [0.717, 1.165) is 16.7 Å². The van der Waals surface area contributed by atoms with Crippen molar-refractivity contribution < 1.29 is 9.21 Å². The number of amides is 1. The Labute approximate surface area is 152 Å². The number of carbonyl (C=O) groups excluding carboxylic acids is 1. The summed E-state index contributed by atoms with van der Waals surface area (Å²) >= 11 is 0. The first kappa shape index (κ1) is 16.6. The topological polar surface area (TPSA) is 62.5 Å². The third-order valence-electron chi connectivity index (χ3n) is 4.79. The lowest BCUT2D eigenvalue weighted by atomic mass is 10.1. The normalized spacial score (nSPS) is 15.0. The Morgan fingerprint density at radius 3 is 2.50 bits per heavy atom. The molecule has 1 amide bonds. The predicted octanol–water partition coefficient (Wildman–Crippen LogP) is 3.31. The van der Waals surface area contributed by atoms with Crippen molar-refractivity contribution in [2.45, 2.75) is 19.8 Å². The van der Waals surface area contributed by atoms with E-state index in [1.807, 2.05) is 41.3 Å². The van der Waals surface area contributed by atoms with Crippen LogP contribution >= 0.6 is 0 Å². The molecule has 6 heteroatoms. The summed E-state index contributed by atoms with van der Waals surface area (Å²) in [6, 6.07) is 12.2. The molecule has 134 valence electrons. The van der Waals surface area contributed by atoms with Crippen LogP contribution in [0.25, 0.3) is 11.1 Å². The van der Waals surface area contributed by atoms with Gasteiger partial charge in [-0.3, -0.25) is 9.78 Å². The number of aromatic nitrogens is 2. The second kappa shape index (κ2) is 6.78. The van der Waals surface area contributed by atoms with Crippen LogP contribution < -0.4 is 4.90 Å². The molecule has 4 rings (SSSR count). The van der Waals surface area contributed by atoms with Crippen molar-refractivity contribution in [2.75, 3.05) is 31.1 Å². The lowest BCUT2D eigenvalue weighted by Gasteiger charge is -2.33. The zero-order chi connectivity index (χ0) is 18.1. The lowest BCUT2D eigenvalue weighted by molar-refractivity contribution is 0.0739. The van der Waals surface area contributed by atoms with Crippen LogP contribution in [0.5, 0.6) is 0 Å². The molecule has 0 radical (unpaired) electrons. The van der Waals surface area contributed by atoms with Crippen LogP contribution in [0.15, 0.2) is 47.0 Å². The van der Waals surface area contributed by atoms with E-state index in [1.54, 1.807) is 6.20 Å². The highest BCUT2D eigenvalue weighted by atomic mass is 16.4. The number of anilines is 1. The van der Waals surface area contributed by atoms with Gasteiger partial charge in [0.2, 0.25) is 0 Å². The Bertz CT molecular complexity index is 876. The van der Waals surface area contributed by atoms with Crippen molar-refractivity contribution in [3.8, 4) is 0 Å². The van der Waals surface area contributed by atoms with E-state index in [1.165, 1.54) is 0 Å². The van der Waals surface area contributed by atoms with E-state index in [0.29, 0.717) is 43.8 Å². The number of para-hydroxylation sites is 2. The van der Waals surface area contributed by atoms with Gasteiger partial charge in [-0.2, -0.15) is 4.98 Å². The van der Waals surface area contributed by atoms with Gasteiger partial charge < -0.3 is 14.2 Å². The van der Waals surface area contributed by atoms with Gasteiger partial charge in [-0.15, -0.1) is 0 Å². The fraction of sp³-hybridized carbons (Fsp3) is 0.350. The Kier molecular flexibility index (Phi) is 4.32. The molecular formula is C20H22N4O2. The molecule has 1 saturated heterocycles. The number of oxazole rings is 1. The van der Waals surface area contributed by atoms with Crippen molar-refractivity contribution >= 4 is 23.0 Å². The SMILES string of the molecule is CC(C)c1ccc(C(=O)N2CCN(c3nc4ccccc4o3)CC2)nc1. The molecule has 0 saturated carbocycles. The molecule has 1 aliphatic rings. The van der Waals surface area contributed by atoms with Crippen LogP contribution in [0, 0.1) is 0 Å². The second-order valence-corrected chi connectivity index (χ2v) is 6.87. The third kappa shape index (κ3) is 3.14. The maximum Gasteiger partial charge on any atom is 0.298 e. The average molecular weight is 350 g/mol. The third-order valence-corrected chi connectivity index (χ3v) is 4.79. The van der Waals surface area contributed by atoms with Gasteiger partial charge >= 0.3 is 0 Å². The summed E-state index contributed by atoms with van der Waals surface area (Å²) in [7, 11) is 0. The van der Waals surface area contributed by atoms with Gasteiger partial charge in [0.1, 0.15) is 11.2 Å². The summed E-state index contributed by atoms with van der Waals surface area (Å²) in [6.07, 6.45) is 1.80. The van der Waals surface area contributed by atoms with Gasteiger partial charge in [0.05, 0.1) is 0 Å². The molecule has 26 heavy (non-hydrogen) atoms. The highest BCUT2D eigenvalue weighted by molar-refractivity contribution is 5.92. The summed E-state index contributed by atoms with van der Waals surface area (Å²) in [4.78, 5) is 25.5. The minimum Gasteiger partial charge on any atom is -0.423 e. The molecule has 0 aliphatic carbocycles. The Morgan fingerprint density at radius 1 is 1.08 bits per heavy atom. The molecule has 0 spiro atoms. The van der Waals surface area contributed by atoms with Crippen molar-refractivity contribution in [3.05, 3.63) is 53.9 Å². The van der Waals surface area contributed by atoms with Crippen LogP contribution in [0.2, 0.25) is 0 Å². The largest absolute Gasteiger partial charge is 0.423 e. The standard InChI is InChI=1S/C20H22N4O2/c1-14(2)15-7-8-17(21-13-15)19(25)23-9-11-24(12-10-23)20-22-16-5-3-4-6-18(16)26-20/h3-8,13-14H,9-12H2,1-2H3. The smallest absolute Gasteiger partial charge is 0.298 e. The molecule has 0 unspecified atom stereocenters. The molecule has 1 fully saturated rings. The van der Waals surface area contributed by atoms with Crippen LogP contribution in [0.1, 0.15) is 35.8 Å². The van der Waals surface area contributed by atoms with Gasteiger partial charge in [0, 0.05) is 32.4 Å². The molecule has 6 nitrogen and oxygen atoms in total. The van der Waals surface area contributed by atoms with Gasteiger partial charge in [-0.1, -0.05) is 32.0 Å². The predicted molar refractivity (Wildman–Crippen MR) is 100 cm³/mol. The lowest BCUT2D eigenvalue weighted by Crippen LogP contribution is -2.49. The van der Waals surface area contributed by atoms with E-state index in [4.69, 9.17) is 4.42 Å². The summed E-state index contributed by atoms with van der Waals surface area (Å²) in [5, 5.41) is 0. The molecule has 0 atom stereocenters. The molecule has 3 aromatic rings. The minimum absolute atomic E-state index is 0.0162. The first-order valence-corrected chi connectivity index (χ1v) is 8.97.